The fourth-order valence-corrected chi connectivity index (χ4v) is 3.74. The molecule has 2 aromatic carbocycles. The van der Waals surface area contributed by atoms with Crippen molar-refractivity contribution in [3.8, 4) is 0 Å². The molecule has 1 aliphatic rings. The van der Waals surface area contributed by atoms with Gasteiger partial charge < -0.3 is 9.80 Å². The van der Waals surface area contributed by atoms with E-state index in [1.165, 1.54) is 6.07 Å². The van der Waals surface area contributed by atoms with Gasteiger partial charge in [-0.1, -0.05) is 28.1 Å². The van der Waals surface area contributed by atoms with Crippen LogP contribution in [0.3, 0.4) is 0 Å². The maximum absolute atomic E-state index is 13.8. The monoisotopic (exact) mass is 408 g/mol. The molecule has 0 N–H and O–H groups in total. The largest absolute Gasteiger partial charge is 0.366 e. The van der Waals surface area contributed by atoms with Gasteiger partial charge in [0.2, 0.25) is 5.91 Å². The van der Waals surface area contributed by atoms with Gasteiger partial charge in [0.05, 0.1) is 11.4 Å². The minimum absolute atomic E-state index is 0.135. The molecule has 126 valence electrons. The predicted octanol–water partition coefficient (Wildman–Crippen LogP) is 4.03. The third kappa shape index (κ3) is 4.30. The Bertz CT molecular complexity index is 702. The van der Waals surface area contributed by atoms with Crippen LogP contribution in [0.25, 0.3) is 0 Å². The Morgan fingerprint density at radius 1 is 1.04 bits per heavy atom. The molecule has 0 aliphatic carbocycles. The zero-order valence-electron chi connectivity index (χ0n) is 13.1. The summed E-state index contributed by atoms with van der Waals surface area (Å²) in [5.74, 6) is 0.362. The highest BCUT2D eigenvalue weighted by Crippen LogP contribution is 2.23. The molecule has 1 saturated heterocycles. The summed E-state index contributed by atoms with van der Waals surface area (Å²) in [5, 5.41) is 0. The van der Waals surface area contributed by atoms with E-state index >= 15 is 0 Å². The molecule has 6 heteroatoms. The molecule has 1 fully saturated rings. The van der Waals surface area contributed by atoms with Crippen LogP contribution in [0.4, 0.5) is 10.1 Å². The molecule has 1 amide bonds. The van der Waals surface area contributed by atoms with Gasteiger partial charge >= 0.3 is 0 Å². The summed E-state index contributed by atoms with van der Waals surface area (Å²) in [6, 6.07) is 14.7. The van der Waals surface area contributed by atoms with Crippen LogP contribution in [-0.4, -0.2) is 42.7 Å². The normalized spacial score (nSPS) is 14.8. The van der Waals surface area contributed by atoms with Crippen LogP contribution in [0.15, 0.2) is 57.9 Å². The summed E-state index contributed by atoms with van der Waals surface area (Å²) in [7, 11) is 0. The van der Waals surface area contributed by atoms with Gasteiger partial charge in [-0.3, -0.25) is 4.79 Å². The van der Waals surface area contributed by atoms with Gasteiger partial charge in [-0.15, -0.1) is 11.8 Å². The summed E-state index contributed by atoms with van der Waals surface area (Å²) in [4.78, 5) is 17.3. The summed E-state index contributed by atoms with van der Waals surface area (Å²) in [6.07, 6.45) is 0. The van der Waals surface area contributed by atoms with Gasteiger partial charge in [0.25, 0.3) is 0 Å². The number of amides is 1. The van der Waals surface area contributed by atoms with Crippen molar-refractivity contribution in [3.05, 3.63) is 58.8 Å². The van der Waals surface area contributed by atoms with Crippen LogP contribution in [0, 0.1) is 5.82 Å². The molecular formula is C18H18BrFN2OS. The molecule has 0 aromatic heterocycles. The van der Waals surface area contributed by atoms with E-state index in [1.807, 2.05) is 40.1 Å². The third-order valence-electron chi connectivity index (χ3n) is 4.00. The van der Waals surface area contributed by atoms with Gasteiger partial charge in [0.15, 0.2) is 0 Å². The van der Waals surface area contributed by atoms with Crippen molar-refractivity contribution in [1.82, 2.24) is 4.90 Å². The van der Waals surface area contributed by atoms with E-state index < -0.39 is 0 Å². The first-order chi connectivity index (χ1) is 11.6. The number of para-hydroxylation sites is 1. The number of hydrogen-bond donors (Lipinski definition) is 0. The van der Waals surface area contributed by atoms with Crippen LogP contribution >= 0.6 is 27.7 Å². The minimum Gasteiger partial charge on any atom is -0.366 e. The van der Waals surface area contributed by atoms with E-state index in [2.05, 4.69) is 15.9 Å². The first-order valence-corrected chi connectivity index (χ1v) is 9.57. The summed E-state index contributed by atoms with van der Waals surface area (Å²) in [5.41, 5.74) is 0.619. The van der Waals surface area contributed by atoms with Crippen molar-refractivity contribution in [3.63, 3.8) is 0 Å². The molecule has 0 radical (unpaired) electrons. The Labute approximate surface area is 154 Å². The van der Waals surface area contributed by atoms with Gasteiger partial charge in [-0.05, 0) is 36.4 Å². The van der Waals surface area contributed by atoms with Gasteiger partial charge in [0, 0.05) is 35.5 Å². The second-order valence-electron chi connectivity index (χ2n) is 5.56. The number of halogens is 2. The second kappa shape index (κ2) is 8.03. The minimum atomic E-state index is -0.205. The molecule has 0 bridgehead atoms. The lowest BCUT2D eigenvalue weighted by Crippen LogP contribution is -2.49. The molecule has 2 aromatic rings. The average molecular weight is 409 g/mol. The molecule has 24 heavy (non-hydrogen) atoms. The van der Waals surface area contributed by atoms with Crippen molar-refractivity contribution in [2.45, 2.75) is 4.90 Å². The number of carbonyl (C=O) groups is 1. The van der Waals surface area contributed by atoms with E-state index in [9.17, 15) is 9.18 Å². The summed E-state index contributed by atoms with van der Waals surface area (Å²) < 4.78 is 14.9. The van der Waals surface area contributed by atoms with Crippen LogP contribution in [0.2, 0.25) is 0 Å². The number of nitrogens with zero attached hydrogens (tertiary/aromatic N) is 2. The molecule has 1 heterocycles. The first kappa shape index (κ1) is 17.3. The fraction of sp³-hybridized carbons (Fsp3) is 0.278. The first-order valence-electron chi connectivity index (χ1n) is 7.79. The van der Waals surface area contributed by atoms with Crippen molar-refractivity contribution in [2.24, 2.45) is 0 Å². The van der Waals surface area contributed by atoms with Crippen LogP contribution in [-0.2, 0) is 4.79 Å². The topological polar surface area (TPSA) is 23.6 Å². The quantitative estimate of drug-likeness (QED) is 0.713. The lowest BCUT2D eigenvalue weighted by atomic mass is 10.2. The van der Waals surface area contributed by atoms with E-state index in [1.54, 1.807) is 23.9 Å². The molecule has 3 rings (SSSR count). The fourth-order valence-electron chi connectivity index (χ4n) is 2.67. The maximum Gasteiger partial charge on any atom is 0.233 e. The van der Waals surface area contributed by atoms with E-state index in [4.69, 9.17) is 0 Å². The number of rotatable bonds is 4. The van der Waals surface area contributed by atoms with Gasteiger partial charge in [0.1, 0.15) is 5.82 Å². The third-order valence-corrected chi connectivity index (χ3v) is 5.53. The van der Waals surface area contributed by atoms with E-state index in [0.29, 0.717) is 37.6 Å². The summed E-state index contributed by atoms with van der Waals surface area (Å²) >= 11 is 4.95. The number of benzene rings is 2. The standard InChI is InChI=1S/C18H18BrFN2OS/c19-14-5-7-15(8-6-14)24-13-18(23)22-11-9-21(10-12-22)17-4-2-1-3-16(17)20/h1-8H,9-13H2. The van der Waals surface area contributed by atoms with Gasteiger partial charge in [-0.2, -0.15) is 0 Å². The Morgan fingerprint density at radius 2 is 1.71 bits per heavy atom. The van der Waals surface area contributed by atoms with Crippen molar-refractivity contribution < 1.29 is 9.18 Å². The Hall–Kier alpha value is -1.53. The number of carbonyl (C=O) groups excluding carboxylic acids is 1. The number of anilines is 1. The average Bonchev–Trinajstić information content (AvgIpc) is 2.61. The summed E-state index contributed by atoms with van der Waals surface area (Å²) in [6.45, 7) is 2.59. The van der Waals surface area contributed by atoms with Crippen LogP contribution < -0.4 is 4.90 Å². The lowest BCUT2D eigenvalue weighted by Gasteiger charge is -2.36. The van der Waals surface area contributed by atoms with Crippen molar-refractivity contribution in [2.75, 3.05) is 36.8 Å². The SMILES string of the molecule is O=C(CSc1ccc(Br)cc1)N1CCN(c2ccccc2F)CC1. The number of piperazine rings is 1. The van der Waals surface area contributed by atoms with Crippen molar-refractivity contribution >= 4 is 39.3 Å². The highest BCUT2D eigenvalue weighted by Gasteiger charge is 2.22. The molecule has 0 saturated carbocycles. The Morgan fingerprint density at radius 3 is 2.38 bits per heavy atom. The van der Waals surface area contributed by atoms with E-state index in [0.717, 1.165) is 9.37 Å². The maximum atomic E-state index is 13.8. The lowest BCUT2D eigenvalue weighted by molar-refractivity contribution is -0.128. The highest BCUT2D eigenvalue weighted by atomic mass is 79.9. The molecule has 0 unspecified atom stereocenters. The highest BCUT2D eigenvalue weighted by molar-refractivity contribution is 9.10. The zero-order valence-corrected chi connectivity index (χ0v) is 15.5. The number of hydrogen-bond acceptors (Lipinski definition) is 3. The molecular weight excluding hydrogens is 391 g/mol. The van der Waals surface area contributed by atoms with E-state index in [-0.39, 0.29) is 11.7 Å². The van der Waals surface area contributed by atoms with Crippen LogP contribution in [0.5, 0.6) is 0 Å². The molecule has 0 spiro atoms. The second-order valence-corrected chi connectivity index (χ2v) is 7.53. The zero-order chi connectivity index (χ0) is 16.9. The van der Waals surface area contributed by atoms with Crippen LogP contribution in [0.1, 0.15) is 0 Å². The number of thioether (sulfide) groups is 1. The Balaban J connectivity index is 1.50. The molecule has 0 atom stereocenters. The van der Waals surface area contributed by atoms with Crippen molar-refractivity contribution in [1.29, 1.82) is 0 Å². The Kier molecular flexibility index (Phi) is 5.79. The molecule has 1 aliphatic heterocycles. The van der Waals surface area contributed by atoms with Gasteiger partial charge in [-0.25, -0.2) is 4.39 Å². The smallest absolute Gasteiger partial charge is 0.233 e. The predicted molar refractivity (Wildman–Crippen MR) is 100 cm³/mol. The molecule has 3 nitrogen and oxygen atoms in total.